The summed E-state index contributed by atoms with van der Waals surface area (Å²) in [7, 11) is 0. The van der Waals surface area contributed by atoms with Crippen molar-refractivity contribution in [3.05, 3.63) is 34.3 Å². The van der Waals surface area contributed by atoms with Gasteiger partial charge in [-0.3, -0.25) is 0 Å². The molecule has 0 aliphatic rings. The highest BCUT2D eigenvalue weighted by molar-refractivity contribution is 6.30. The molecule has 0 amide bonds. The molecule has 0 radical (unpaired) electrons. The van der Waals surface area contributed by atoms with E-state index in [4.69, 9.17) is 17.3 Å². The van der Waals surface area contributed by atoms with Crippen molar-refractivity contribution in [3.8, 4) is 0 Å². The molecular weight excluding hydrogens is 170 g/mol. The molecule has 12 heavy (non-hydrogen) atoms. The molecule has 0 saturated heterocycles. The second-order valence-electron chi connectivity index (χ2n) is 3.25. The van der Waals surface area contributed by atoms with E-state index in [0.29, 0.717) is 0 Å². The van der Waals surface area contributed by atoms with Gasteiger partial charge in [0.1, 0.15) is 0 Å². The molecule has 1 rings (SSSR count). The van der Waals surface area contributed by atoms with E-state index in [1.165, 1.54) is 11.1 Å². The number of nitrogens with two attached hydrogens (primary N) is 1. The van der Waals surface area contributed by atoms with E-state index in [1.54, 1.807) is 0 Å². The van der Waals surface area contributed by atoms with Crippen molar-refractivity contribution in [2.24, 2.45) is 5.73 Å². The number of hydrogen-bond donors (Lipinski definition) is 1. The fourth-order valence-corrected chi connectivity index (χ4v) is 1.46. The zero-order valence-corrected chi connectivity index (χ0v) is 8.23. The van der Waals surface area contributed by atoms with Crippen LogP contribution in [-0.2, 0) is 6.42 Å². The molecule has 0 aromatic heterocycles. The maximum absolute atomic E-state index is 5.82. The number of hydrogen-bond acceptors (Lipinski definition) is 1. The lowest BCUT2D eigenvalue weighted by Crippen LogP contribution is -2.18. The van der Waals surface area contributed by atoms with Gasteiger partial charge in [-0.1, -0.05) is 17.7 Å². The first-order valence-corrected chi connectivity index (χ1v) is 4.48. The summed E-state index contributed by atoms with van der Waals surface area (Å²) >= 11 is 5.82. The molecule has 0 saturated carbocycles. The molecule has 1 aromatic carbocycles. The van der Waals surface area contributed by atoms with Crippen LogP contribution in [0.2, 0.25) is 5.02 Å². The Hall–Kier alpha value is -0.530. The Balaban J connectivity index is 2.86. The maximum Gasteiger partial charge on any atom is 0.0408 e. The van der Waals surface area contributed by atoms with Gasteiger partial charge in [0, 0.05) is 11.1 Å². The SMILES string of the molecule is Cc1cc(Cl)ccc1C[C@H](C)N. The molecular formula is C10H14ClN. The lowest BCUT2D eigenvalue weighted by Gasteiger charge is -2.08. The van der Waals surface area contributed by atoms with Crippen molar-refractivity contribution >= 4 is 11.6 Å². The minimum absolute atomic E-state index is 0.213. The summed E-state index contributed by atoms with van der Waals surface area (Å²) in [4.78, 5) is 0. The first-order chi connectivity index (χ1) is 5.59. The maximum atomic E-state index is 5.82. The topological polar surface area (TPSA) is 26.0 Å². The fourth-order valence-electron chi connectivity index (χ4n) is 1.24. The number of rotatable bonds is 2. The average molecular weight is 184 g/mol. The van der Waals surface area contributed by atoms with Crippen LogP contribution in [0.25, 0.3) is 0 Å². The summed E-state index contributed by atoms with van der Waals surface area (Å²) in [6.07, 6.45) is 0.920. The van der Waals surface area contributed by atoms with Gasteiger partial charge in [-0.25, -0.2) is 0 Å². The van der Waals surface area contributed by atoms with Gasteiger partial charge in [-0.2, -0.15) is 0 Å². The van der Waals surface area contributed by atoms with Gasteiger partial charge in [0.15, 0.2) is 0 Å². The Morgan fingerprint density at radius 1 is 1.50 bits per heavy atom. The van der Waals surface area contributed by atoms with E-state index < -0.39 is 0 Å². The molecule has 0 heterocycles. The highest BCUT2D eigenvalue weighted by Crippen LogP contribution is 2.15. The predicted molar refractivity (Wildman–Crippen MR) is 53.5 cm³/mol. The third-order valence-corrected chi connectivity index (χ3v) is 2.08. The Labute approximate surface area is 78.5 Å². The number of benzene rings is 1. The van der Waals surface area contributed by atoms with Gasteiger partial charge >= 0.3 is 0 Å². The van der Waals surface area contributed by atoms with Gasteiger partial charge in [-0.05, 0) is 43.5 Å². The van der Waals surface area contributed by atoms with E-state index in [-0.39, 0.29) is 6.04 Å². The van der Waals surface area contributed by atoms with Crippen LogP contribution in [0.4, 0.5) is 0 Å². The van der Waals surface area contributed by atoms with Crippen molar-refractivity contribution in [2.75, 3.05) is 0 Å². The van der Waals surface area contributed by atoms with Gasteiger partial charge in [0.2, 0.25) is 0 Å². The smallest absolute Gasteiger partial charge is 0.0408 e. The normalized spacial score (nSPS) is 13.0. The molecule has 0 unspecified atom stereocenters. The summed E-state index contributed by atoms with van der Waals surface area (Å²) in [5.41, 5.74) is 8.21. The quantitative estimate of drug-likeness (QED) is 0.750. The number of halogens is 1. The summed E-state index contributed by atoms with van der Waals surface area (Å²) in [5.74, 6) is 0. The van der Waals surface area contributed by atoms with Gasteiger partial charge in [0.05, 0.1) is 0 Å². The molecule has 2 heteroatoms. The first-order valence-electron chi connectivity index (χ1n) is 4.10. The highest BCUT2D eigenvalue weighted by Gasteiger charge is 2.01. The molecule has 2 N–H and O–H groups in total. The lowest BCUT2D eigenvalue weighted by atomic mass is 10.0. The summed E-state index contributed by atoms with van der Waals surface area (Å²) in [5, 5.41) is 0.793. The minimum Gasteiger partial charge on any atom is -0.328 e. The molecule has 1 aromatic rings. The molecule has 0 aliphatic carbocycles. The van der Waals surface area contributed by atoms with Crippen molar-refractivity contribution < 1.29 is 0 Å². The summed E-state index contributed by atoms with van der Waals surface area (Å²) < 4.78 is 0. The van der Waals surface area contributed by atoms with Crippen LogP contribution >= 0.6 is 11.6 Å². The van der Waals surface area contributed by atoms with Crippen LogP contribution in [0, 0.1) is 6.92 Å². The first kappa shape index (κ1) is 9.56. The molecule has 0 aliphatic heterocycles. The van der Waals surface area contributed by atoms with E-state index in [1.807, 2.05) is 25.1 Å². The van der Waals surface area contributed by atoms with Crippen molar-refractivity contribution in [3.63, 3.8) is 0 Å². The van der Waals surface area contributed by atoms with Crippen LogP contribution < -0.4 is 5.73 Å². The van der Waals surface area contributed by atoms with E-state index >= 15 is 0 Å². The van der Waals surface area contributed by atoms with Gasteiger partial charge < -0.3 is 5.73 Å². The van der Waals surface area contributed by atoms with Crippen LogP contribution in [-0.4, -0.2) is 6.04 Å². The molecule has 0 spiro atoms. The third kappa shape index (κ3) is 2.50. The number of aryl methyl sites for hydroxylation is 1. The predicted octanol–water partition coefficient (Wildman–Crippen LogP) is 2.54. The van der Waals surface area contributed by atoms with Gasteiger partial charge in [0.25, 0.3) is 0 Å². The van der Waals surface area contributed by atoms with Crippen molar-refractivity contribution in [1.29, 1.82) is 0 Å². The monoisotopic (exact) mass is 183 g/mol. The van der Waals surface area contributed by atoms with Crippen LogP contribution in [0.15, 0.2) is 18.2 Å². The van der Waals surface area contributed by atoms with Gasteiger partial charge in [-0.15, -0.1) is 0 Å². The molecule has 0 bridgehead atoms. The molecule has 1 nitrogen and oxygen atoms in total. The lowest BCUT2D eigenvalue weighted by molar-refractivity contribution is 0.735. The Bertz CT molecular complexity index is 269. The van der Waals surface area contributed by atoms with Crippen molar-refractivity contribution in [1.82, 2.24) is 0 Å². The van der Waals surface area contributed by atoms with Crippen LogP contribution in [0.5, 0.6) is 0 Å². The zero-order chi connectivity index (χ0) is 9.14. The summed E-state index contributed by atoms with van der Waals surface area (Å²) in [6.45, 7) is 4.07. The second-order valence-corrected chi connectivity index (χ2v) is 3.69. The molecule has 1 atom stereocenters. The average Bonchev–Trinajstić information content (AvgIpc) is 1.94. The standard InChI is InChI=1S/C10H14ClN/c1-7-5-10(11)4-3-9(7)6-8(2)12/h3-5,8H,6,12H2,1-2H3/t8-/m0/s1. The van der Waals surface area contributed by atoms with E-state index in [2.05, 4.69) is 6.92 Å². The van der Waals surface area contributed by atoms with E-state index in [0.717, 1.165) is 11.4 Å². The summed E-state index contributed by atoms with van der Waals surface area (Å²) in [6, 6.07) is 6.14. The molecule has 66 valence electrons. The zero-order valence-electron chi connectivity index (χ0n) is 7.47. The van der Waals surface area contributed by atoms with Crippen molar-refractivity contribution in [2.45, 2.75) is 26.3 Å². The third-order valence-electron chi connectivity index (χ3n) is 1.85. The molecule has 0 fully saturated rings. The fraction of sp³-hybridized carbons (Fsp3) is 0.400. The van der Waals surface area contributed by atoms with Crippen LogP contribution in [0.1, 0.15) is 18.1 Å². The van der Waals surface area contributed by atoms with E-state index in [9.17, 15) is 0 Å². The Morgan fingerprint density at radius 2 is 2.17 bits per heavy atom. The second kappa shape index (κ2) is 3.92. The Kier molecular flexibility index (Phi) is 3.12. The highest BCUT2D eigenvalue weighted by atomic mass is 35.5. The Morgan fingerprint density at radius 3 is 2.67 bits per heavy atom. The minimum atomic E-state index is 0.213. The van der Waals surface area contributed by atoms with Crippen LogP contribution in [0.3, 0.4) is 0 Å². The largest absolute Gasteiger partial charge is 0.328 e.